The molecule has 0 N–H and O–H groups in total. The molecule has 2 atom stereocenters. The summed E-state index contributed by atoms with van der Waals surface area (Å²) in [4.78, 5) is 14.8. The molecular formula is C19H25NO3. The first kappa shape index (κ1) is 15.2. The summed E-state index contributed by atoms with van der Waals surface area (Å²) in [6, 6.07) is 8.72. The first-order valence-electron chi connectivity index (χ1n) is 8.72. The lowest BCUT2D eigenvalue weighted by molar-refractivity contribution is -0.147. The molecule has 1 spiro atoms. The highest BCUT2D eigenvalue weighted by Gasteiger charge is 2.61. The number of benzene rings is 1. The number of hydrogen-bond acceptors (Lipinski definition) is 3. The Balaban J connectivity index is 1.36. The van der Waals surface area contributed by atoms with Gasteiger partial charge in [0.15, 0.2) is 0 Å². The van der Waals surface area contributed by atoms with Crippen molar-refractivity contribution in [1.82, 2.24) is 4.90 Å². The van der Waals surface area contributed by atoms with E-state index in [2.05, 4.69) is 24.3 Å². The maximum atomic E-state index is 12.8. The minimum atomic E-state index is 0.147. The number of hydrogen-bond donors (Lipinski definition) is 0. The molecule has 1 saturated heterocycles. The van der Waals surface area contributed by atoms with E-state index in [1.54, 1.807) is 7.11 Å². The van der Waals surface area contributed by atoms with E-state index in [0.29, 0.717) is 19.1 Å². The zero-order valence-electron chi connectivity index (χ0n) is 13.8. The normalized spacial score (nSPS) is 29.3. The number of likely N-dealkylation sites (tertiary alicyclic amines) is 1. The van der Waals surface area contributed by atoms with Crippen LogP contribution in [0.3, 0.4) is 0 Å². The Morgan fingerprint density at radius 2 is 2.13 bits per heavy atom. The Kier molecular flexibility index (Phi) is 3.90. The molecule has 4 nitrogen and oxygen atoms in total. The van der Waals surface area contributed by atoms with Gasteiger partial charge in [-0.25, -0.2) is 0 Å². The highest BCUT2D eigenvalue weighted by Crippen LogP contribution is 2.61. The quantitative estimate of drug-likeness (QED) is 0.782. The van der Waals surface area contributed by atoms with Crippen LogP contribution in [-0.4, -0.2) is 50.3 Å². The molecule has 2 aliphatic carbocycles. The van der Waals surface area contributed by atoms with Gasteiger partial charge in [-0.2, -0.15) is 0 Å². The molecule has 124 valence electrons. The Morgan fingerprint density at radius 1 is 1.30 bits per heavy atom. The van der Waals surface area contributed by atoms with E-state index in [9.17, 15) is 4.79 Å². The third-order valence-corrected chi connectivity index (χ3v) is 5.80. The average molecular weight is 315 g/mol. The predicted molar refractivity (Wildman–Crippen MR) is 87.4 cm³/mol. The number of nitrogens with zero attached hydrogens (tertiary/aromatic N) is 1. The molecule has 0 radical (unpaired) electrons. The first-order chi connectivity index (χ1) is 11.2. The van der Waals surface area contributed by atoms with Crippen molar-refractivity contribution in [3.8, 4) is 0 Å². The molecule has 4 rings (SSSR count). The van der Waals surface area contributed by atoms with Gasteiger partial charge in [-0.3, -0.25) is 4.79 Å². The fraction of sp³-hybridized carbons (Fsp3) is 0.632. The van der Waals surface area contributed by atoms with E-state index >= 15 is 0 Å². The molecule has 1 amide bonds. The van der Waals surface area contributed by atoms with Crippen LogP contribution in [0.25, 0.3) is 0 Å². The van der Waals surface area contributed by atoms with Crippen LogP contribution in [0.1, 0.15) is 30.4 Å². The summed E-state index contributed by atoms with van der Waals surface area (Å²) in [5, 5.41) is 0. The van der Waals surface area contributed by atoms with Crippen molar-refractivity contribution >= 4 is 5.91 Å². The summed E-state index contributed by atoms with van der Waals surface area (Å²) in [5.41, 5.74) is 3.05. The molecule has 1 aliphatic heterocycles. The monoisotopic (exact) mass is 315 g/mol. The Hall–Kier alpha value is -1.39. The van der Waals surface area contributed by atoms with Gasteiger partial charge in [0.05, 0.1) is 19.3 Å². The minimum absolute atomic E-state index is 0.147. The molecule has 2 fully saturated rings. The number of ether oxygens (including phenoxy) is 2. The largest absolute Gasteiger partial charge is 0.382 e. The summed E-state index contributed by atoms with van der Waals surface area (Å²) in [5.74, 6) is 0.539. The van der Waals surface area contributed by atoms with E-state index in [0.717, 1.165) is 25.9 Å². The van der Waals surface area contributed by atoms with E-state index in [1.165, 1.54) is 24.0 Å². The maximum absolute atomic E-state index is 12.8. The summed E-state index contributed by atoms with van der Waals surface area (Å²) in [6.45, 7) is 2.73. The van der Waals surface area contributed by atoms with E-state index < -0.39 is 0 Å². The number of rotatable bonds is 5. The van der Waals surface area contributed by atoms with Crippen molar-refractivity contribution in [3.05, 3.63) is 35.4 Å². The maximum Gasteiger partial charge on any atom is 0.226 e. The van der Waals surface area contributed by atoms with Crippen molar-refractivity contribution < 1.29 is 14.3 Å². The summed E-state index contributed by atoms with van der Waals surface area (Å²) >= 11 is 0. The number of carbonyl (C=O) groups excluding carboxylic acids is 1. The lowest BCUT2D eigenvalue weighted by atomic mass is 9.78. The van der Waals surface area contributed by atoms with Gasteiger partial charge in [0.25, 0.3) is 0 Å². The zero-order chi connectivity index (χ0) is 15.9. The molecule has 4 heteroatoms. The number of carbonyl (C=O) groups is 1. The van der Waals surface area contributed by atoms with E-state index in [1.807, 2.05) is 4.90 Å². The van der Waals surface area contributed by atoms with Crippen LogP contribution >= 0.6 is 0 Å². The Morgan fingerprint density at radius 3 is 2.96 bits per heavy atom. The fourth-order valence-corrected chi connectivity index (χ4v) is 4.40. The van der Waals surface area contributed by atoms with Crippen LogP contribution in [0.15, 0.2) is 24.3 Å². The van der Waals surface area contributed by atoms with Gasteiger partial charge in [0.2, 0.25) is 5.91 Å². The molecule has 1 aromatic carbocycles. The number of amides is 1. The van der Waals surface area contributed by atoms with Gasteiger partial charge in [0, 0.05) is 31.5 Å². The first-order valence-corrected chi connectivity index (χ1v) is 8.72. The van der Waals surface area contributed by atoms with Gasteiger partial charge in [-0.1, -0.05) is 24.3 Å². The standard InChI is InChI=1S/C19H25NO3/c1-22-9-10-23-15-12-20(13-15)18(21)17-11-19(17)8-4-6-14-5-2-3-7-16(14)19/h2-3,5,7,15,17H,4,6,8-13H2,1H3/t17-,19-/m0/s1. The zero-order valence-corrected chi connectivity index (χ0v) is 13.8. The van der Waals surface area contributed by atoms with Crippen molar-refractivity contribution in [1.29, 1.82) is 0 Å². The molecule has 23 heavy (non-hydrogen) atoms. The Bertz CT molecular complexity index is 596. The number of fused-ring (bicyclic) bond motifs is 2. The molecular weight excluding hydrogens is 290 g/mol. The van der Waals surface area contributed by atoms with E-state index in [-0.39, 0.29) is 17.4 Å². The highest BCUT2D eigenvalue weighted by molar-refractivity contribution is 5.85. The third-order valence-electron chi connectivity index (χ3n) is 5.80. The van der Waals surface area contributed by atoms with Crippen LogP contribution in [0.5, 0.6) is 0 Å². The Labute approximate surface area is 137 Å². The summed E-state index contributed by atoms with van der Waals surface area (Å²) in [6.07, 6.45) is 4.78. The van der Waals surface area contributed by atoms with Crippen LogP contribution in [0.4, 0.5) is 0 Å². The highest BCUT2D eigenvalue weighted by atomic mass is 16.5. The van der Waals surface area contributed by atoms with Crippen molar-refractivity contribution in [2.75, 3.05) is 33.4 Å². The van der Waals surface area contributed by atoms with E-state index in [4.69, 9.17) is 9.47 Å². The average Bonchev–Trinajstić information content (AvgIpc) is 3.24. The second-order valence-corrected chi connectivity index (χ2v) is 7.15. The lowest BCUT2D eigenvalue weighted by Crippen LogP contribution is -2.56. The molecule has 3 aliphatic rings. The van der Waals surface area contributed by atoms with Crippen LogP contribution in [-0.2, 0) is 26.1 Å². The van der Waals surface area contributed by atoms with Crippen LogP contribution in [0, 0.1) is 5.92 Å². The second-order valence-electron chi connectivity index (χ2n) is 7.15. The summed E-state index contributed by atoms with van der Waals surface area (Å²) in [7, 11) is 1.68. The van der Waals surface area contributed by atoms with Gasteiger partial charge >= 0.3 is 0 Å². The van der Waals surface area contributed by atoms with Crippen molar-refractivity contribution in [2.45, 2.75) is 37.2 Å². The van der Waals surface area contributed by atoms with Crippen molar-refractivity contribution in [3.63, 3.8) is 0 Å². The predicted octanol–water partition coefficient (Wildman–Crippen LogP) is 2.15. The second kappa shape index (κ2) is 5.91. The van der Waals surface area contributed by atoms with Crippen LogP contribution < -0.4 is 0 Å². The van der Waals surface area contributed by atoms with Gasteiger partial charge in [-0.05, 0) is 36.8 Å². The smallest absolute Gasteiger partial charge is 0.226 e. The molecule has 0 bridgehead atoms. The number of aryl methyl sites for hydroxylation is 1. The summed E-state index contributed by atoms with van der Waals surface area (Å²) < 4.78 is 10.7. The lowest BCUT2D eigenvalue weighted by Gasteiger charge is -2.39. The fourth-order valence-electron chi connectivity index (χ4n) is 4.40. The molecule has 1 saturated carbocycles. The van der Waals surface area contributed by atoms with Crippen molar-refractivity contribution in [2.24, 2.45) is 5.92 Å². The van der Waals surface area contributed by atoms with Gasteiger partial charge in [-0.15, -0.1) is 0 Å². The number of methoxy groups -OCH3 is 1. The SMILES string of the molecule is COCCOC1CN(C(=O)[C@@H]2C[C@]23CCCc2ccccc23)C1. The molecule has 1 aromatic rings. The van der Waals surface area contributed by atoms with Gasteiger partial charge < -0.3 is 14.4 Å². The molecule has 1 heterocycles. The topological polar surface area (TPSA) is 38.8 Å². The third kappa shape index (κ3) is 2.58. The minimum Gasteiger partial charge on any atom is -0.382 e. The molecule has 0 aromatic heterocycles. The van der Waals surface area contributed by atoms with Gasteiger partial charge in [0.1, 0.15) is 0 Å². The molecule has 0 unspecified atom stereocenters. The van der Waals surface area contributed by atoms with Crippen LogP contribution in [0.2, 0.25) is 0 Å².